The maximum absolute atomic E-state index is 5.92. The second-order valence-electron chi connectivity index (χ2n) is 6.43. The van der Waals surface area contributed by atoms with Crippen LogP contribution in [0.5, 0.6) is 0 Å². The van der Waals surface area contributed by atoms with E-state index >= 15 is 0 Å². The van der Waals surface area contributed by atoms with Crippen LogP contribution in [-0.2, 0) is 4.74 Å². The lowest BCUT2D eigenvalue weighted by Crippen LogP contribution is -2.46. The van der Waals surface area contributed by atoms with Gasteiger partial charge in [-0.1, -0.05) is 18.2 Å². The summed E-state index contributed by atoms with van der Waals surface area (Å²) in [5.41, 5.74) is 3.45. The molecule has 116 valence electrons. The summed E-state index contributed by atoms with van der Waals surface area (Å²) in [5, 5.41) is 4.76. The lowest BCUT2D eigenvalue weighted by molar-refractivity contribution is -0.0241. The molecule has 1 aromatic heterocycles. The molecule has 2 aliphatic rings. The number of hydrogen-bond donors (Lipinski definition) is 1. The number of nitrogens with zero attached hydrogens (tertiary/aromatic N) is 2. The first-order chi connectivity index (χ1) is 10.8. The highest BCUT2D eigenvalue weighted by atomic mass is 16.5. The van der Waals surface area contributed by atoms with Gasteiger partial charge in [-0.2, -0.15) is 0 Å². The van der Waals surface area contributed by atoms with Crippen molar-refractivity contribution in [2.24, 2.45) is 0 Å². The molecule has 2 aromatic rings. The van der Waals surface area contributed by atoms with E-state index in [2.05, 4.69) is 46.4 Å². The van der Waals surface area contributed by atoms with Crippen LogP contribution < -0.4 is 5.32 Å². The van der Waals surface area contributed by atoms with E-state index in [1.165, 1.54) is 23.8 Å². The van der Waals surface area contributed by atoms with E-state index in [0.29, 0.717) is 0 Å². The third-order valence-corrected chi connectivity index (χ3v) is 4.73. The smallest absolute Gasteiger partial charge is 0.0874 e. The zero-order valence-electron chi connectivity index (χ0n) is 13.1. The van der Waals surface area contributed by atoms with Crippen LogP contribution in [0.25, 0.3) is 10.9 Å². The number of hydrogen-bond acceptors (Lipinski definition) is 4. The molecule has 1 unspecified atom stereocenters. The van der Waals surface area contributed by atoms with Crippen molar-refractivity contribution in [3.8, 4) is 0 Å². The molecule has 1 aromatic carbocycles. The van der Waals surface area contributed by atoms with Crippen LogP contribution in [0.2, 0.25) is 0 Å². The van der Waals surface area contributed by atoms with Crippen LogP contribution in [0.3, 0.4) is 0 Å². The Morgan fingerprint density at radius 3 is 3.09 bits per heavy atom. The van der Waals surface area contributed by atoms with Gasteiger partial charge < -0.3 is 10.1 Å². The number of pyridine rings is 1. The fourth-order valence-electron chi connectivity index (χ4n) is 3.34. The Morgan fingerprint density at radius 1 is 1.32 bits per heavy atom. The molecule has 1 aliphatic heterocycles. The topological polar surface area (TPSA) is 37.4 Å². The highest BCUT2D eigenvalue weighted by Crippen LogP contribution is 2.28. The summed E-state index contributed by atoms with van der Waals surface area (Å²) in [6.45, 7) is 5.98. The number of aryl methyl sites for hydroxylation is 1. The molecule has 0 bridgehead atoms. The fraction of sp³-hybridized carbons (Fsp3) is 0.500. The number of para-hydroxylation sites is 1. The van der Waals surface area contributed by atoms with Gasteiger partial charge in [0.1, 0.15) is 0 Å². The van der Waals surface area contributed by atoms with E-state index in [-0.39, 0.29) is 6.10 Å². The molecule has 0 radical (unpaired) electrons. The number of morpholine rings is 1. The minimum Gasteiger partial charge on any atom is -0.382 e. The predicted octanol–water partition coefficient (Wildman–Crippen LogP) is 2.82. The minimum absolute atomic E-state index is 0.280. The molecule has 0 spiro atoms. The van der Waals surface area contributed by atoms with Gasteiger partial charge in [0.05, 0.1) is 18.2 Å². The molecule has 0 amide bonds. The first-order valence-electron chi connectivity index (χ1n) is 8.25. The third-order valence-electron chi connectivity index (χ3n) is 4.73. The van der Waals surface area contributed by atoms with Crippen molar-refractivity contribution < 1.29 is 4.74 Å². The second kappa shape index (κ2) is 5.86. The van der Waals surface area contributed by atoms with Gasteiger partial charge in [-0.3, -0.25) is 9.88 Å². The zero-order valence-corrected chi connectivity index (χ0v) is 13.1. The van der Waals surface area contributed by atoms with Gasteiger partial charge in [-0.25, -0.2) is 0 Å². The van der Waals surface area contributed by atoms with E-state index < -0.39 is 0 Å². The molecule has 2 fully saturated rings. The summed E-state index contributed by atoms with van der Waals surface area (Å²) >= 11 is 0. The molecule has 1 saturated carbocycles. The predicted molar refractivity (Wildman–Crippen MR) is 89.3 cm³/mol. The molecule has 2 heterocycles. The van der Waals surface area contributed by atoms with Crippen molar-refractivity contribution in [2.75, 3.05) is 31.6 Å². The molecule has 4 rings (SSSR count). The Hall–Kier alpha value is -1.65. The fourth-order valence-corrected chi connectivity index (χ4v) is 3.34. The molecule has 1 atom stereocenters. The molecule has 22 heavy (non-hydrogen) atoms. The summed E-state index contributed by atoms with van der Waals surface area (Å²) in [6, 6.07) is 9.22. The van der Waals surface area contributed by atoms with E-state index in [4.69, 9.17) is 4.74 Å². The molecular weight excluding hydrogens is 274 g/mol. The van der Waals surface area contributed by atoms with Crippen LogP contribution in [0, 0.1) is 6.92 Å². The van der Waals surface area contributed by atoms with Gasteiger partial charge >= 0.3 is 0 Å². The molecule has 1 saturated heterocycles. The average molecular weight is 297 g/mol. The van der Waals surface area contributed by atoms with Gasteiger partial charge in [0, 0.05) is 42.9 Å². The Morgan fingerprint density at radius 2 is 2.23 bits per heavy atom. The summed E-state index contributed by atoms with van der Waals surface area (Å²) in [5.74, 6) is 0. The summed E-state index contributed by atoms with van der Waals surface area (Å²) in [6.07, 6.45) is 4.90. The van der Waals surface area contributed by atoms with Gasteiger partial charge in [0.15, 0.2) is 0 Å². The van der Waals surface area contributed by atoms with Gasteiger partial charge in [-0.05, 0) is 31.4 Å². The molecular formula is C18H23N3O. The lowest BCUT2D eigenvalue weighted by atomic mass is 10.1. The first-order valence-corrected chi connectivity index (χ1v) is 8.25. The largest absolute Gasteiger partial charge is 0.382 e. The molecule has 1 aliphatic carbocycles. The number of aromatic nitrogens is 1. The Kier molecular flexibility index (Phi) is 3.72. The Labute approximate surface area is 131 Å². The number of anilines is 1. The first kappa shape index (κ1) is 14.0. The van der Waals surface area contributed by atoms with E-state index in [0.717, 1.165) is 43.5 Å². The van der Waals surface area contributed by atoms with E-state index in [1.807, 2.05) is 6.20 Å². The summed E-state index contributed by atoms with van der Waals surface area (Å²) in [7, 11) is 0. The van der Waals surface area contributed by atoms with Crippen molar-refractivity contribution in [3.63, 3.8) is 0 Å². The maximum Gasteiger partial charge on any atom is 0.0874 e. The van der Waals surface area contributed by atoms with Crippen molar-refractivity contribution in [3.05, 3.63) is 36.0 Å². The molecule has 1 N–H and O–H groups in total. The van der Waals surface area contributed by atoms with Crippen molar-refractivity contribution in [1.29, 1.82) is 0 Å². The van der Waals surface area contributed by atoms with Crippen molar-refractivity contribution in [1.82, 2.24) is 9.88 Å². The Balaban J connectivity index is 1.46. The van der Waals surface area contributed by atoms with E-state index in [9.17, 15) is 0 Å². The Bertz CT molecular complexity index is 668. The number of benzene rings is 1. The van der Waals surface area contributed by atoms with Crippen molar-refractivity contribution in [2.45, 2.75) is 31.9 Å². The quantitative estimate of drug-likeness (QED) is 0.941. The number of rotatable bonds is 4. The van der Waals surface area contributed by atoms with Crippen molar-refractivity contribution >= 4 is 16.6 Å². The maximum atomic E-state index is 5.92. The summed E-state index contributed by atoms with van der Waals surface area (Å²) in [4.78, 5) is 7.09. The van der Waals surface area contributed by atoms with Crippen LogP contribution in [0.4, 0.5) is 5.69 Å². The van der Waals surface area contributed by atoms with Gasteiger partial charge in [0.2, 0.25) is 0 Å². The monoisotopic (exact) mass is 297 g/mol. The normalized spacial score (nSPS) is 22.9. The van der Waals surface area contributed by atoms with E-state index in [1.54, 1.807) is 0 Å². The second-order valence-corrected chi connectivity index (χ2v) is 6.43. The van der Waals surface area contributed by atoms with Crippen LogP contribution in [0.1, 0.15) is 18.4 Å². The highest BCUT2D eigenvalue weighted by molar-refractivity contribution is 5.92. The lowest BCUT2D eigenvalue weighted by Gasteiger charge is -2.33. The SMILES string of the molecule is Cc1cccc2c(NCC3CN(C4CC4)CCO3)ccnc12. The van der Waals surface area contributed by atoms with Gasteiger partial charge in [-0.15, -0.1) is 0 Å². The standard InChI is InChI=1S/C18H23N3O/c1-13-3-2-4-16-17(7-8-19-18(13)16)20-11-15-12-21(9-10-22-15)14-5-6-14/h2-4,7-8,14-15H,5-6,9-12H2,1H3,(H,19,20). The number of ether oxygens (including phenoxy) is 1. The van der Waals surface area contributed by atoms with Gasteiger partial charge in [0.25, 0.3) is 0 Å². The molecule has 4 nitrogen and oxygen atoms in total. The van der Waals surface area contributed by atoms with Crippen LogP contribution >= 0.6 is 0 Å². The average Bonchev–Trinajstić information content (AvgIpc) is 3.39. The minimum atomic E-state index is 0.280. The number of fused-ring (bicyclic) bond motifs is 1. The molecule has 4 heteroatoms. The van der Waals surface area contributed by atoms with Crippen LogP contribution in [-0.4, -0.2) is 48.3 Å². The highest BCUT2D eigenvalue weighted by Gasteiger charge is 2.32. The number of nitrogens with one attached hydrogen (secondary N) is 1. The summed E-state index contributed by atoms with van der Waals surface area (Å²) < 4.78 is 5.92. The zero-order chi connectivity index (χ0) is 14.9. The third kappa shape index (κ3) is 2.81. The van der Waals surface area contributed by atoms with Crippen LogP contribution in [0.15, 0.2) is 30.5 Å².